The monoisotopic (exact) mass is 232 g/mol. The Morgan fingerprint density at radius 1 is 1.31 bits per heavy atom. The second kappa shape index (κ2) is 4.23. The van der Waals surface area contributed by atoms with Gasteiger partial charge in [0.2, 0.25) is 0 Å². The van der Waals surface area contributed by atoms with E-state index in [1.807, 2.05) is 0 Å². The van der Waals surface area contributed by atoms with Crippen LogP contribution in [0.5, 0.6) is 0 Å². The summed E-state index contributed by atoms with van der Waals surface area (Å²) in [6, 6.07) is 0. The molecule has 0 aromatic heterocycles. The second-order valence-corrected chi connectivity index (χ2v) is 4.96. The van der Waals surface area contributed by atoms with Crippen molar-refractivity contribution in [3.05, 3.63) is 0 Å². The first-order chi connectivity index (χ1) is 7.49. The quantitative estimate of drug-likeness (QED) is 0.706. The largest absolute Gasteiger partial charge is 0.393 e. The Bertz CT molecular complexity index is 255. The van der Waals surface area contributed by atoms with Gasteiger partial charge in [-0.3, -0.25) is 0 Å². The van der Waals surface area contributed by atoms with Gasteiger partial charge < -0.3 is 24.4 Å². The van der Waals surface area contributed by atoms with Crippen LogP contribution in [0.15, 0.2) is 0 Å². The van der Waals surface area contributed by atoms with Gasteiger partial charge in [0.1, 0.15) is 0 Å². The smallest absolute Gasteiger partial charge is 0.166 e. The summed E-state index contributed by atoms with van der Waals surface area (Å²) < 4.78 is 16.0. The number of hydrogen-bond donors (Lipinski definition) is 2. The highest BCUT2D eigenvalue weighted by molar-refractivity contribution is 5.02. The summed E-state index contributed by atoms with van der Waals surface area (Å²) >= 11 is 0. The van der Waals surface area contributed by atoms with E-state index in [1.54, 1.807) is 21.1 Å². The first-order valence-corrected chi connectivity index (χ1v) is 5.61. The topological polar surface area (TPSA) is 68.2 Å². The predicted octanol–water partition coefficient (Wildman–Crippen LogP) is 0.0997. The average molecular weight is 232 g/mol. The standard InChI is InChI=1S/C11H20O5/c1-11(13)5-7(12)6-4-8(14-2)16-10(15-3)9(6)11/h6-10,12-13H,4-5H2,1-3H3/t6-,7+,8-,9-,10+,11+/m1/s1. The first kappa shape index (κ1) is 12.3. The van der Waals surface area contributed by atoms with Gasteiger partial charge >= 0.3 is 0 Å². The van der Waals surface area contributed by atoms with E-state index in [9.17, 15) is 10.2 Å². The fourth-order valence-corrected chi connectivity index (χ4v) is 3.08. The van der Waals surface area contributed by atoms with Gasteiger partial charge in [-0.05, 0) is 6.92 Å². The van der Waals surface area contributed by atoms with Crippen molar-refractivity contribution in [1.29, 1.82) is 0 Å². The lowest BCUT2D eigenvalue weighted by atomic mass is 9.82. The molecule has 0 radical (unpaired) electrons. The number of rotatable bonds is 2. The maximum absolute atomic E-state index is 10.3. The van der Waals surface area contributed by atoms with Gasteiger partial charge in [0.25, 0.3) is 0 Å². The Labute approximate surface area is 95.3 Å². The molecule has 0 amide bonds. The van der Waals surface area contributed by atoms with Crippen molar-refractivity contribution in [1.82, 2.24) is 0 Å². The molecule has 1 saturated carbocycles. The SMILES string of the molecule is CO[C@H]1C[C@H]2[C@H]([C@@H](OC)O1)[C@@](C)(O)C[C@@H]2O. The van der Waals surface area contributed by atoms with Crippen LogP contribution < -0.4 is 0 Å². The molecule has 1 saturated heterocycles. The number of hydrogen-bond acceptors (Lipinski definition) is 5. The molecule has 2 rings (SSSR count). The van der Waals surface area contributed by atoms with E-state index in [0.29, 0.717) is 12.8 Å². The molecule has 1 heterocycles. The summed E-state index contributed by atoms with van der Waals surface area (Å²) in [5, 5.41) is 20.2. The van der Waals surface area contributed by atoms with E-state index < -0.39 is 18.0 Å². The van der Waals surface area contributed by atoms with Crippen LogP contribution in [0.1, 0.15) is 19.8 Å². The highest BCUT2D eigenvalue weighted by Crippen LogP contribution is 2.48. The van der Waals surface area contributed by atoms with Crippen molar-refractivity contribution in [3.8, 4) is 0 Å². The highest BCUT2D eigenvalue weighted by Gasteiger charge is 2.56. The molecule has 0 aromatic carbocycles. The van der Waals surface area contributed by atoms with Crippen molar-refractivity contribution in [2.45, 2.75) is 44.1 Å². The zero-order valence-corrected chi connectivity index (χ0v) is 9.92. The summed E-state index contributed by atoms with van der Waals surface area (Å²) in [5.41, 5.74) is -0.941. The van der Waals surface area contributed by atoms with E-state index in [2.05, 4.69) is 0 Å². The van der Waals surface area contributed by atoms with E-state index in [0.717, 1.165) is 0 Å². The van der Waals surface area contributed by atoms with Crippen LogP contribution in [-0.4, -0.2) is 48.7 Å². The lowest BCUT2D eigenvalue weighted by Crippen LogP contribution is -2.49. The maximum Gasteiger partial charge on any atom is 0.166 e. The summed E-state index contributed by atoms with van der Waals surface area (Å²) in [6.07, 6.45) is -0.440. The fraction of sp³-hybridized carbons (Fsp3) is 1.00. The van der Waals surface area contributed by atoms with Gasteiger partial charge in [0.05, 0.1) is 11.7 Å². The minimum Gasteiger partial charge on any atom is -0.393 e. The van der Waals surface area contributed by atoms with Crippen LogP contribution in [0.3, 0.4) is 0 Å². The molecule has 2 N–H and O–H groups in total. The summed E-state index contributed by atoms with van der Waals surface area (Å²) in [6.45, 7) is 1.73. The molecule has 0 bridgehead atoms. The molecule has 6 atom stereocenters. The van der Waals surface area contributed by atoms with E-state index in [4.69, 9.17) is 14.2 Å². The molecule has 5 heteroatoms. The lowest BCUT2D eigenvalue weighted by Gasteiger charge is -2.41. The second-order valence-electron chi connectivity index (χ2n) is 4.96. The lowest BCUT2D eigenvalue weighted by molar-refractivity contribution is -0.301. The van der Waals surface area contributed by atoms with Gasteiger partial charge in [-0.1, -0.05) is 0 Å². The van der Waals surface area contributed by atoms with Crippen molar-refractivity contribution in [2.75, 3.05) is 14.2 Å². The van der Waals surface area contributed by atoms with Crippen LogP contribution in [0, 0.1) is 11.8 Å². The summed E-state index contributed by atoms with van der Waals surface area (Å²) in [7, 11) is 3.11. The van der Waals surface area contributed by atoms with Crippen LogP contribution in [-0.2, 0) is 14.2 Å². The van der Waals surface area contributed by atoms with Gasteiger partial charge in [-0.15, -0.1) is 0 Å². The van der Waals surface area contributed by atoms with Crippen molar-refractivity contribution in [3.63, 3.8) is 0 Å². The third kappa shape index (κ3) is 1.87. The number of aliphatic hydroxyl groups is 2. The molecule has 2 aliphatic rings. The van der Waals surface area contributed by atoms with E-state index in [-0.39, 0.29) is 18.1 Å². The minimum absolute atomic E-state index is 0.0290. The van der Waals surface area contributed by atoms with Crippen molar-refractivity contribution < 1.29 is 24.4 Å². The highest BCUT2D eigenvalue weighted by atomic mass is 16.8. The Morgan fingerprint density at radius 3 is 2.56 bits per heavy atom. The zero-order chi connectivity index (χ0) is 11.9. The molecular weight excluding hydrogens is 212 g/mol. The molecule has 16 heavy (non-hydrogen) atoms. The Morgan fingerprint density at radius 2 is 2.00 bits per heavy atom. The van der Waals surface area contributed by atoms with Crippen LogP contribution in [0.4, 0.5) is 0 Å². The fourth-order valence-electron chi connectivity index (χ4n) is 3.08. The van der Waals surface area contributed by atoms with Crippen LogP contribution in [0.25, 0.3) is 0 Å². The number of aliphatic hydroxyl groups excluding tert-OH is 1. The molecule has 0 aromatic rings. The Hall–Kier alpha value is -0.200. The third-order valence-corrected chi connectivity index (χ3v) is 3.83. The van der Waals surface area contributed by atoms with Crippen LogP contribution >= 0.6 is 0 Å². The van der Waals surface area contributed by atoms with Crippen molar-refractivity contribution in [2.24, 2.45) is 11.8 Å². The average Bonchev–Trinajstić information content (AvgIpc) is 2.48. The van der Waals surface area contributed by atoms with Gasteiger partial charge in [0.15, 0.2) is 12.6 Å². The normalized spacial score (nSPS) is 52.7. The van der Waals surface area contributed by atoms with E-state index in [1.165, 1.54) is 0 Å². The number of ether oxygens (including phenoxy) is 3. The molecule has 2 fully saturated rings. The number of fused-ring (bicyclic) bond motifs is 1. The summed E-state index contributed by atoms with van der Waals surface area (Å²) in [4.78, 5) is 0. The maximum atomic E-state index is 10.3. The predicted molar refractivity (Wildman–Crippen MR) is 55.5 cm³/mol. The van der Waals surface area contributed by atoms with Crippen LogP contribution in [0.2, 0.25) is 0 Å². The molecule has 5 nitrogen and oxygen atoms in total. The third-order valence-electron chi connectivity index (χ3n) is 3.83. The first-order valence-electron chi connectivity index (χ1n) is 5.61. The summed E-state index contributed by atoms with van der Waals surface area (Å²) in [5.74, 6) is -0.224. The van der Waals surface area contributed by atoms with Gasteiger partial charge in [-0.25, -0.2) is 0 Å². The molecular formula is C11H20O5. The molecule has 0 spiro atoms. The Balaban J connectivity index is 2.21. The van der Waals surface area contributed by atoms with Crippen molar-refractivity contribution >= 4 is 0 Å². The molecule has 0 unspecified atom stereocenters. The molecule has 1 aliphatic heterocycles. The molecule has 94 valence electrons. The molecule has 1 aliphatic carbocycles. The zero-order valence-electron chi connectivity index (χ0n) is 9.92. The minimum atomic E-state index is -0.941. The van der Waals surface area contributed by atoms with Gasteiger partial charge in [-0.2, -0.15) is 0 Å². The van der Waals surface area contributed by atoms with E-state index >= 15 is 0 Å². The van der Waals surface area contributed by atoms with Gasteiger partial charge in [0, 0.05) is 38.9 Å². The Kier molecular flexibility index (Phi) is 3.25. The number of methoxy groups -OCH3 is 2.